The van der Waals surface area contributed by atoms with Gasteiger partial charge in [-0.2, -0.15) is 0 Å². The van der Waals surface area contributed by atoms with E-state index >= 15 is 0 Å². The first-order valence-electron chi connectivity index (χ1n) is 5.27. The summed E-state index contributed by atoms with van der Waals surface area (Å²) in [6.07, 6.45) is 3.13. The molecule has 1 atom stereocenters. The normalized spacial score (nSPS) is 12.1. The van der Waals surface area contributed by atoms with Crippen molar-refractivity contribution in [1.29, 1.82) is 0 Å². The molecule has 0 aromatic carbocycles. The number of aromatic nitrogens is 1. The molecule has 1 heterocycles. The second kappa shape index (κ2) is 5.34. The highest BCUT2D eigenvalue weighted by molar-refractivity contribution is 5.96. The van der Waals surface area contributed by atoms with Crippen LogP contribution in [0.15, 0.2) is 18.3 Å². The molecular formula is C11H17N3O2. The summed E-state index contributed by atoms with van der Waals surface area (Å²) in [6.45, 7) is 1.94. The summed E-state index contributed by atoms with van der Waals surface area (Å²) in [4.78, 5) is 22.9. The highest BCUT2D eigenvalue weighted by Crippen LogP contribution is 2.02. The quantitative estimate of drug-likeness (QED) is 0.758. The van der Waals surface area contributed by atoms with Crippen molar-refractivity contribution in [2.45, 2.75) is 25.8 Å². The number of aryl methyl sites for hydroxylation is 1. The van der Waals surface area contributed by atoms with Crippen LogP contribution >= 0.6 is 0 Å². The van der Waals surface area contributed by atoms with Gasteiger partial charge in [0.2, 0.25) is 5.91 Å². The summed E-state index contributed by atoms with van der Waals surface area (Å²) >= 11 is 0. The smallest absolute Gasteiger partial charge is 0.268 e. The van der Waals surface area contributed by atoms with Gasteiger partial charge in [0.15, 0.2) is 0 Å². The summed E-state index contributed by atoms with van der Waals surface area (Å²) in [7, 11) is 1.77. The van der Waals surface area contributed by atoms with Gasteiger partial charge in [0.1, 0.15) is 11.7 Å². The maximum absolute atomic E-state index is 11.8. The second-order valence-corrected chi connectivity index (χ2v) is 3.72. The van der Waals surface area contributed by atoms with Crippen molar-refractivity contribution >= 4 is 11.8 Å². The summed E-state index contributed by atoms with van der Waals surface area (Å²) in [6, 6.07) is 2.88. The van der Waals surface area contributed by atoms with Crippen LogP contribution in [0, 0.1) is 0 Å². The van der Waals surface area contributed by atoms with Crippen LogP contribution in [0.2, 0.25) is 0 Å². The van der Waals surface area contributed by atoms with Gasteiger partial charge in [-0.05, 0) is 18.6 Å². The Morgan fingerprint density at radius 2 is 2.25 bits per heavy atom. The number of hydrogen-bond acceptors (Lipinski definition) is 2. The van der Waals surface area contributed by atoms with Gasteiger partial charge >= 0.3 is 0 Å². The lowest BCUT2D eigenvalue weighted by atomic mass is 10.1. The number of rotatable bonds is 5. The molecule has 0 saturated heterocycles. The minimum absolute atomic E-state index is 0.273. The van der Waals surface area contributed by atoms with Crippen molar-refractivity contribution in [3.63, 3.8) is 0 Å². The molecule has 1 aromatic rings. The van der Waals surface area contributed by atoms with Crippen LogP contribution in [0.1, 0.15) is 30.3 Å². The van der Waals surface area contributed by atoms with Gasteiger partial charge in [-0.1, -0.05) is 13.3 Å². The molecule has 0 aliphatic rings. The Kier molecular flexibility index (Phi) is 4.10. The standard InChI is InChI=1S/C11H17N3O2/c1-3-5-8(10(12)15)13-11(16)9-6-4-7-14(9)2/h4,6-8H,3,5H2,1-2H3,(H2,12,15)(H,13,16)/t8-/m0/s1. The van der Waals surface area contributed by atoms with Crippen LogP contribution in [-0.2, 0) is 11.8 Å². The number of hydrogen-bond donors (Lipinski definition) is 2. The van der Waals surface area contributed by atoms with Gasteiger partial charge < -0.3 is 15.6 Å². The first-order chi connectivity index (χ1) is 7.56. The minimum atomic E-state index is -0.590. The summed E-state index contributed by atoms with van der Waals surface area (Å²) in [5.74, 6) is -0.769. The number of nitrogens with one attached hydrogen (secondary N) is 1. The topological polar surface area (TPSA) is 77.1 Å². The van der Waals surface area contributed by atoms with E-state index in [-0.39, 0.29) is 5.91 Å². The molecule has 0 spiro atoms. The average molecular weight is 223 g/mol. The summed E-state index contributed by atoms with van der Waals surface area (Å²) in [5, 5.41) is 2.63. The predicted molar refractivity (Wildman–Crippen MR) is 60.8 cm³/mol. The highest BCUT2D eigenvalue weighted by atomic mass is 16.2. The maximum Gasteiger partial charge on any atom is 0.268 e. The van der Waals surface area contributed by atoms with Gasteiger partial charge in [0.05, 0.1) is 0 Å². The van der Waals surface area contributed by atoms with E-state index < -0.39 is 11.9 Å². The Hall–Kier alpha value is -1.78. The van der Waals surface area contributed by atoms with E-state index in [9.17, 15) is 9.59 Å². The fourth-order valence-corrected chi connectivity index (χ4v) is 1.50. The zero-order valence-electron chi connectivity index (χ0n) is 9.56. The fourth-order valence-electron chi connectivity index (χ4n) is 1.50. The Bertz CT molecular complexity index is 384. The zero-order valence-corrected chi connectivity index (χ0v) is 9.56. The molecular weight excluding hydrogens is 206 g/mol. The SMILES string of the molecule is CCC[C@H](NC(=O)c1cccn1C)C(N)=O. The molecule has 5 heteroatoms. The third-order valence-electron chi connectivity index (χ3n) is 2.40. The molecule has 1 rings (SSSR count). The van der Waals surface area contributed by atoms with Gasteiger partial charge in [-0.25, -0.2) is 0 Å². The molecule has 88 valence electrons. The maximum atomic E-state index is 11.8. The summed E-state index contributed by atoms with van der Waals surface area (Å²) in [5.41, 5.74) is 5.72. The Labute approximate surface area is 94.6 Å². The van der Waals surface area contributed by atoms with Crippen molar-refractivity contribution in [1.82, 2.24) is 9.88 Å². The van der Waals surface area contributed by atoms with Crippen LogP contribution in [-0.4, -0.2) is 22.4 Å². The molecule has 3 N–H and O–H groups in total. The van der Waals surface area contributed by atoms with E-state index in [1.165, 1.54) is 0 Å². The predicted octanol–water partition coefficient (Wildman–Crippen LogP) is 0.409. The van der Waals surface area contributed by atoms with Crippen molar-refractivity contribution in [2.75, 3.05) is 0 Å². The second-order valence-electron chi connectivity index (χ2n) is 3.72. The first-order valence-corrected chi connectivity index (χ1v) is 5.27. The Morgan fingerprint density at radius 3 is 2.69 bits per heavy atom. The number of carbonyl (C=O) groups is 2. The Balaban J connectivity index is 2.69. The molecule has 2 amide bonds. The lowest BCUT2D eigenvalue weighted by Gasteiger charge is -2.14. The van der Waals surface area contributed by atoms with Crippen LogP contribution < -0.4 is 11.1 Å². The molecule has 0 saturated carbocycles. The average Bonchev–Trinajstić information content (AvgIpc) is 2.63. The highest BCUT2D eigenvalue weighted by Gasteiger charge is 2.18. The largest absolute Gasteiger partial charge is 0.368 e. The summed E-state index contributed by atoms with van der Waals surface area (Å²) < 4.78 is 1.69. The lowest BCUT2D eigenvalue weighted by molar-refractivity contribution is -0.120. The van der Waals surface area contributed by atoms with E-state index in [0.29, 0.717) is 12.1 Å². The van der Waals surface area contributed by atoms with Crippen molar-refractivity contribution < 1.29 is 9.59 Å². The van der Waals surface area contributed by atoms with Crippen molar-refractivity contribution in [2.24, 2.45) is 12.8 Å². The minimum Gasteiger partial charge on any atom is -0.368 e. The van der Waals surface area contributed by atoms with Gasteiger partial charge in [-0.15, -0.1) is 0 Å². The van der Waals surface area contributed by atoms with Crippen molar-refractivity contribution in [3.8, 4) is 0 Å². The third-order valence-corrected chi connectivity index (χ3v) is 2.40. The fraction of sp³-hybridized carbons (Fsp3) is 0.455. The van der Waals surface area contributed by atoms with Crippen molar-refractivity contribution in [3.05, 3.63) is 24.0 Å². The monoisotopic (exact) mass is 223 g/mol. The molecule has 0 aliphatic carbocycles. The van der Waals surface area contributed by atoms with Crippen LogP contribution in [0.3, 0.4) is 0 Å². The van der Waals surface area contributed by atoms with Gasteiger partial charge in [0.25, 0.3) is 5.91 Å². The lowest BCUT2D eigenvalue weighted by Crippen LogP contribution is -2.44. The van der Waals surface area contributed by atoms with E-state index in [1.807, 2.05) is 6.92 Å². The van der Waals surface area contributed by atoms with E-state index in [1.54, 1.807) is 29.9 Å². The van der Waals surface area contributed by atoms with Crippen LogP contribution in [0.25, 0.3) is 0 Å². The van der Waals surface area contributed by atoms with E-state index in [4.69, 9.17) is 5.73 Å². The third kappa shape index (κ3) is 2.85. The molecule has 16 heavy (non-hydrogen) atoms. The first kappa shape index (κ1) is 12.3. The van der Waals surface area contributed by atoms with Gasteiger partial charge in [0, 0.05) is 13.2 Å². The van der Waals surface area contributed by atoms with Gasteiger partial charge in [-0.3, -0.25) is 9.59 Å². The number of primary amides is 1. The molecule has 0 unspecified atom stereocenters. The molecule has 0 bridgehead atoms. The van der Waals surface area contributed by atoms with E-state index in [0.717, 1.165) is 6.42 Å². The molecule has 0 radical (unpaired) electrons. The number of nitrogens with two attached hydrogens (primary N) is 1. The Morgan fingerprint density at radius 1 is 1.56 bits per heavy atom. The molecule has 0 aliphatic heterocycles. The zero-order chi connectivity index (χ0) is 12.1. The molecule has 1 aromatic heterocycles. The number of nitrogens with zero attached hydrogens (tertiary/aromatic N) is 1. The molecule has 0 fully saturated rings. The van der Waals surface area contributed by atoms with Crippen LogP contribution in [0.4, 0.5) is 0 Å². The van der Waals surface area contributed by atoms with E-state index in [2.05, 4.69) is 5.32 Å². The number of amides is 2. The number of carbonyl (C=O) groups excluding carboxylic acids is 2. The molecule has 5 nitrogen and oxygen atoms in total. The van der Waals surface area contributed by atoms with Crippen LogP contribution in [0.5, 0.6) is 0 Å².